The first-order chi connectivity index (χ1) is 28.7. The number of nitrogens with one attached hydrogen (secondary N) is 3. The number of benzene rings is 3. The van der Waals surface area contributed by atoms with Gasteiger partial charge in [-0.2, -0.15) is 0 Å². The molecule has 1 aromatic heterocycles. The number of nitrogens with zero attached hydrogens (tertiary/aromatic N) is 3. The Labute approximate surface area is 349 Å². The van der Waals surface area contributed by atoms with Crippen molar-refractivity contribution in [2.75, 3.05) is 96.3 Å². The second-order valence-corrected chi connectivity index (χ2v) is 14.0. The molecule has 0 fully saturated rings. The summed E-state index contributed by atoms with van der Waals surface area (Å²) in [5.74, 6) is -0.436. The van der Waals surface area contributed by atoms with Crippen molar-refractivity contribution in [2.45, 2.75) is 47.1 Å². The van der Waals surface area contributed by atoms with E-state index in [9.17, 15) is 14.4 Å². The number of carbonyl (C=O) groups excluding carboxylic acids is 3. The minimum atomic E-state index is -0.235. The molecule has 318 valence electrons. The first-order valence-corrected chi connectivity index (χ1v) is 20.6. The van der Waals surface area contributed by atoms with E-state index in [4.69, 9.17) is 18.9 Å². The molecular weight excluding hydrogens is 749 g/mol. The van der Waals surface area contributed by atoms with Crippen LogP contribution < -0.4 is 20.9 Å². The number of aromatic nitrogens is 1. The molecule has 4 amide bonds. The first-order valence-electron chi connectivity index (χ1n) is 20.6. The Bertz CT molecular complexity index is 1900. The van der Waals surface area contributed by atoms with E-state index in [1.807, 2.05) is 68.4 Å². The maximum Gasteiger partial charge on any atom is 0.317 e. The Balaban J connectivity index is 1.21. The van der Waals surface area contributed by atoms with E-state index < -0.39 is 0 Å². The number of carbonyl (C=O) groups is 3. The summed E-state index contributed by atoms with van der Waals surface area (Å²) in [6.07, 6.45) is 3.18. The number of pyridine rings is 1. The van der Waals surface area contributed by atoms with Crippen LogP contribution >= 0.6 is 0 Å². The molecule has 13 nitrogen and oxygen atoms in total. The molecule has 4 aromatic rings. The number of amides is 4. The highest BCUT2D eigenvalue weighted by Crippen LogP contribution is 2.32. The molecule has 0 aliphatic carbocycles. The molecule has 59 heavy (non-hydrogen) atoms. The van der Waals surface area contributed by atoms with Crippen LogP contribution in [0, 0.1) is 6.92 Å². The van der Waals surface area contributed by atoms with Gasteiger partial charge in [-0.25, -0.2) is 4.79 Å². The number of ether oxygens (including phenoxy) is 4. The third kappa shape index (κ3) is 16.1. The van der Waals surface area contributed by atoms with Crippen LogP contribution in [-0.4, -0.2) is 114 Å². The highest BCUT2D eigenvalue weighted by Gasteiger charge is 2.17. The summed E-state index contributed by atoms with van der Waals surface area (Å²) in [6, 6.07) is 24.9. The molecule has 3 aromatic carbocycles. The normalized spacial score (nSPS) is 10.9. The van der Waals surface area contributed by atoms with Crippen molar-refractivity contribution in [2.24, 2.45) is 0 Å². The van der Waals surface area contributed by atoms with Crippen LogP contribution in [0.2, 0.25) is 0 Å². The lowest BCUT2D eigenvalue weighted by molar-refractivity contribution is -0.00153. The van der Waals surface area contributed by atoms with Crippen LogP contribution in [0.1, 0.15) is 64.6 Å². The highest BCUT2D eigenvalue weighted by molar-refractivity contribution is 6.06. The number of anilines is 2. The van der Waals surface area contributed by atoms with Gasteiger partial charge < -0.3 is 44.7 Å². The minimum Gasteiger partial charge on any atom is -0.379 e. The molecule has 0 saturated heterocycles. The number of hydrogen-bond donors (Lipinski definition) is 3. The van der Waals surface area contributed by atoms with Crippen LogP contribution in [-0.2, 0) is 31.9 Å². The fraction of sp³-hybridized carbons (Fsp3) is 0.435. The maximum absolute atomic E-state index is 13.7. The van der Waals surface area contributed by atoms with Crippen molar-refractivity contribution in [3.63, 3.8) is 0 Å². The van der Waals surface area contributed by atoms with Gasteiger partial charge in [-0.3, -0.25) is 14.6 Å². The first kappa shape index (κ1) is 46.4. The molecule has 0 unspecified atom stereocenters. The van der Waals surface area contributed by atoms with Crippen LogP contribution in [0.3, 0.4) is 0 Å². The van der Waals surface area contributed by atoms with Crippen molar-refractivity contribution in [1.82, 2.24) is 20.5 Å². The summed E-state index contributed by atoms with van der Waals surface area (Å²) < 4.78 is 22.3. The molecule has 13 heteroatoms. The molecule has 3 N–H and O–H groups in total. The van der Waals surface area contributed by atoms with Crippen molar-refractivity contribution in [3.8, 4) is 11.3 Å². The average Bonchev–Trinajstić information content (AvgIpc) is 3.26. The van der Waals surface area contributed by atoms with Gasteiger partial charge in [0.2, 0.25) is 0 Å². The zero-order valence-electron chi connectivity index (χ0n) is 35.4. The van der Waals surface area contributed by atoms with Gasteiger partial charge in [0, 0.05) is 75.0 Å². The highest BCUT2D eigenvalue weighted by atomic mass is 16.6. The standard InChI is InChI=1S/C46H62N6O7/c1-6-51(5)46(55)48-21-23-57-25-27-59-29-28-58-26-24-56-22-11-15-36-13-10-16-38(31-36)45(54)50-42-18-17-40(52(7-2)8-3)33-41(42)43-32-39(19-20-47-43)44(53)49-34-37-14-9-12-35(4)30-37/h9-10,12-14,16-20,30-33H,6-8,11,15,21-29,34H2,1-5H3,(H,48,55)(H,49,53)(H,50,54). The molecular formula is C46H62N6O7. The minimum absolute atomic E-state index is 0.110. The fourth-order valence-corrected chi connectivity index (χ4v) is 6.18. The molecule has 0 bridgehead atoms. The lowest BCUT2D eigenvalue weighted by Crippen LogP contribution is -2.38. The maximum atomic E-state index is 13.7. The largest absolute Gasteiger partial charge is 0.379 e. The van der Waals surface area contributed by atoms with Gasteiger partial charge >= 0.3 is 6.03 Å². The van der Waals surface area contributed by atoms with E-state index in [0.717, 1.165) is 53.9 Å². The van der Waals surface area contributed by atoms with Gasteiger partial charge in [-0.1, -0.05) is 42.0 Å². The van der Waals surface area contributed by atoms with Crippen LogP contribution in [0.5, 0.6) is 0 Å². The van der Waals surface area contributed by atoms with E-state index in [0.29, 0.717) is 95.0 Å². The SMILES string of the molecule is CCN(C)C(=O)NCCOCCOCCOCCOCCCc1cccc(C(=O)Nc2ccc(N(CC)CC)cc2-c2cc(C(=O)NCc3cccc(C)c3)ccn2)c1. The predicted octanol–water partition coefficient (Wildman–Crippen LogP) is 6.75. The Hall–Kier alpha value is -5.34. The smallest absolute Gasteiger partial charge is 0.317 e. The van der Waals surface area contributed by atoms with Crippen molar-refractivity contribution in [3.05, 3.63) is 113 Å². The van der Waals surface area contributed by atoms with E-state index >= 15 is 0 Å². The molecule has 4 rings (SSSR count). The van der Waals surface area contributed by atoms with Gasteiger partial charge in [0.25, 0.3) is 11.8 Å². The average molecular weight is 811 g/mol. The predicted molar refractivity (Wildman–Crippen MR) is 233 cm³/mol. The molecule has 0 radical (unpaired) electrons. The Morgan fingerprint density at radius 2 is 1.32 bits per heavy atom. The quantitative estimate of drug-likeness (QED) is 0.0588. The molecule has 0 atom stereocenters. The second kappa shape index (κ2) is 25.9. The van der Waals surface area contributed by atoms with E-state index in [1.54, 1.807) is 36.3 Å². The molecule has 0 spiro atoms. The zero-order valence-corrected chi connectivity index (χ0v) is 35.4. The number of hydrogen-bond acceptors (Lipinski definition) is 9. The van der Waals surface area contributed by atoms with Crippen molar-refractivity contribution < 1.29 is 33.3 Å². The summed E-state index contributed by atoms with van der Waals surface area (Å²) in [6.45, 7) is 15.1. The number of rotatable bonds is 26. The van der Waals surface area contributed by atoms with E-state index in [-0.39, 0.29) is 17.8 Å². The lowest BCUT2D eigenvalue weighted by atomic mass is 10.0. The Morgan fingerprint density at radius 3 is 2.02 bits per heavy atom. The van der Waals surface area contributed by atoms with Gasteiger partial charge in [-0.05, 0) is 94.1 Å². The fourth-order valence-electron chi connectivity index (χ4n) is 6.18. The van der Waals surface area contributed by atoms with Gasteiger partial charge in [-0.15, -0.1) is 0 Å². The van der Waals surface area contributed by atoms with E-state index in [2.05, 4.69) is 45.7 Å². The summed E-state index contributed by atoms with van der Waals surface area (Å²) in [4.78, 5) is 47.1. The Morgan fingerprint density at radius 1 is 0.661 bits per heavy atom. The summed E-state index contributed by atoms with van der Waals surface area (Å²) in [5, 5.41) is 8.92. The molecule has 0 saturated carbocycles. The van der Waals surface area contributed by atoms with Crippen molar-refractivity contribution >= 4 is 29.2 Å². The third-order valence-electron chi connectivity index (χ3n) is 9.62. The van der Waals surface area contributed by atoms with E-state index in [1.165, 1.54) is 0 Å². The second-order valence-electron chi connectivity index (χ2n) is 14.0. The van der Waals surface area contributed by atoms with Crippen LogP contribution in [0.4, 0.5) is 16.2 Å². The van der Waals surface area contributed by atoms with Crippen LogP contribution in [0.25, 0.3) is 11.3 Å². The molecule has 0 aliphatic heterocycles. The number of urea groups is 1. The summed E-state index contributed by atoms with van der Waals surface area (Å²) >= 11 is 0. The summed E-state index contributed by atoms with van der Waals surface area (Å²) in [7, 11) is 1.74. The molecule has 1 heterocycles. The van der Waals surface area contributed by atoms with Crippen molar-refractivity contribution in [1.29, 1.82) is 0 Å². The monoisotopic (exact) mass is 810 g/mol. The topological polar surface area (TPSA) is 144 Å². The Kier molecular flexibility index (Phi) is 20.3. The third-order valence-corrected chi connectivity index (χ3v) is 9.62. The molecule has 0 aliphatic rings. The van der Waals surface area contributed by atoms with Crippen LogP contribution in [0.15, 0.2) is 85.1 Å². The zero-order chi connectivity index (χ0) is 42.2. The number of aryl methyl sites for hydroxylation is 2. The van der Waals surface area contributed by atoms with Gasteiger partial charge in [0.15, 0.2) is 0 Å². The van der Waals surface area contributed by atoms with Gasteiger partial charge in [0.05, 0.1) is 57.6 Å². The van der Waals surface area contributed by atoms with Gasteiger partial charge in [0.1, 0.15) is 0 Å². The lowest BCUT2D eigenvalue weighted by Gasteiger charge is -2.23. The summed E-state index contributed by atoms with van der Waals surface area (Å²) in [5.41, 5.74) is 7.14.